The lowest BCUT2D eigenvalue weighted by atomic mass is 10.4. The van der Waals surface area contributed by atoms with Crippen molar-refractivity contribution >= 4 is 44.1 Å². The highest BCUT2D eigenvalue weighted by Gasteiger charge is 2.01. The molecule has 0 saturated carbocycles. The van der Waals surface area contributed by atoms with Crippen molar-refractivity contribution in [1.82, 2.24) is 0 Å². The van der Waals surface area contributed by atoms with Gasteiger partial charge < -0.3 is 0 Å². The van der Waals surface area contributed by atoms with E-state index in [1.165, 1.54) is 11.3 Å². The topological polar surface area (TPSA) is 17.1 Å². The Balaban J connectivity index is 2.67. The molecule has 0 aliphatic rings. The number of hydrogen-bond acceptors (Lipinski definition) is 2. The molecule has 0 bridgehead atoms. The Hall–Kier alpha value is 0.140. The molecule has 0 aliphatic heterocycles. The lowest BCUT2D eigenvalue weighted by molar-refractivity contribution is -0.111. The Morgan fingerprint density at radius 3 is 2.90 bits per heavy atom. The number of hydrogen-bond donors (Lipinski definition) is 0. The molecular formula is C6H4BrClOS. The molecule has 1 heterocycles. The zero-order valence-electron chi connectivity index (χ0n) is 4.93. The standard InChI is InChI=1S/C6H4BrClOS/c7-4-1-5(10-3-4)2-6(8)9/h1,3H,2H2. The quantitative estimate of drug-likeness (QED) is 0.726. The van der Waals surface area contributed by atoms with Crippen molar-refractivity contribution in [3.8, 4) is 0 Å². The highest BCUT2D eigenvalue weighted by atomic mass is 79.9. The maximum absolute atomic E-state index is 10.4. The second kappa shape index (κ2) is 3.51. The molecule has 0 N–H and O–H groups in total. The van der Waals surface area contributed by atoms with E-state index in [0.717, 1.165) is 9.35 Å². The maximum Gasteiger partial charge on any atom is 0.226 e. The first-order valence-corrected chi connectivity index (χ1v) is 4.65. The highest BCUT2D eigenvalue weighted by molar-refractivity contribution is 9.10. The number of carbonyl (C=O) groups excluding carboxylic acids is 1. The van der Waals surface area contributed by atoms with E-state index in [1.807, 2.05) is 11.4 Å². The summed E-state index contributed by atoms with van der Waals surface area (Å²) in [5.74, 6) is 0. The summed E-state index contributed by atoms with van der Waals surface area (Å²) >= 11 is 9.98. The SMILES string of the molecule is O=C(Cl)Cc1cc(Br)cs1. The fourth-order valence-corrected chi connectivity index (χ4v) is 2.26. The van der Waals surface area contributed by atoms with Gasteiger partial charge in [-0.05, 0) is 33.6 Å². The van der Waals surface area contributed by atoms with E-state index in [1.54, 1.807) is 0 Å². The fraction of sp³-hybridized carbons (Fsp3) is 0.167. The molecule has 1 rings (SSSR count). The van der Waals surface area contributed by atoms with Crippen LogP contribution in [0.5, 0.6) is 0 Å². The Bertz CT molecular complexity index is 246. The van der Waals surface area contributed by atoms with Crippen molar-refractivity contribution < 1.29 is 4.79 Å². The van der Waals surface area contributed by atoms with Gasteiger partial charge in [0, 0.05) is 14.7 Å². The predicted molar refractivity (Wildman–Crippen MR) is 46.6 cm³/mol. The molecule has 0 radical (unpaired) electrons. The van der Waals surface area contributed by atoms with Crippen LogP contribution < -0.4 is 0 Å². The molecule has 0 aliphatic carbocycles. The third-order valence-electron chi connectivity index (χ3n) is 0.935. The molecule has 0 aromatic carbocycles. The van der Waals surface area contributed by atoms with Crippen LogP contribution in [0.4, 0.5) is 0 Å². The van der Waals surface area contributed by atoms with Crippen molar-refractivity contribution in [1.29, 1.82) is 0 Å². The summed E-state index contributed by atoms with van der Waals surface area (Å²) in [6, 6.07) is 1.89. The lowest BCUT2D eigenvalue weighted by Gasteiger charge is -1.84. The van der Waals surface area contributed by atoms with Crippen molar-refractivity contribution in [2.24, 2.45) is 0 Å². The van der Waals surface area contributed by atoms with E-state index >= 15 is 0 Å². The molecule has 0 fully saturated rings. The second-order valence-electron chi connectivity index (χ2n) is 1.76. The average Bonchev–Trinajstić information content (AvgIpc) is 2.13. The smallest absolute Gasteiger partial charge is 0.226 e. The van der Waals surface area contributed by atoms with Gasteiger partial charge in [0.1, 0.15) is 0 Å². The minimum Gasteiger partial charge on any atom is -0.281 e. The van der Waals surface area contributed by atoms with Gasteiger partial charge >= 0.3 is 0 Å². The molecule has 0 amide bonds. The minimum absolute atomic E-state index is 0.311. The van der Waals surface area contributed by atoms with Crippen LogP contribution in [0.15, 0.2) is 15.9 Å². The molecule has 4 heteroatoms. The molecule has 0 atom stereocenters. The fourth-order valence-electron chi connectivity index (χ4n) is 0.583. The van der Waals surface area contributed by atoms with Gasteiger partial charge in [-0.2, -0.15) is 0 Å². The van der Waals surface area contributed by atoms with E-state index in [0.29, 0.717) is 6.42 Å². The average molecular weight is 240 g/mol. The third kappa shape index (κ3) is 2.40. The number of carbonyl (C=O) groups is 1. The molecular weight excluding hydrogens is 235 g/mol. The van der Waals surface area contributed by atoms with Crippen LogP contribution in [0.1, 0.15) is 4.88 Å². The van der Waals surface area contributed by atoms with E-state index < -0.39 is 0 Å². The summed E-state index contributed by atoms with van der Waals surface area (Å²) in [4.78, 5) is 11.4. The molecule has 54 valence electrons. The zero-order chi connectivity index (χ0) is 7.56. The van der Waals surface area contributed by atoms with Crippen LogP contribution in [0.25, 0.3) is 0 Å². The Labute approximate surface area is 76.1 Å². The first-order valence-electron chi connectivity index (χ1n) is 2.60. The molecule has 1 aromatic rings. The van der Waals surface area contributed by atoms with E-state index in [9.17, 15) is 4.79 Å². The molecule has 10 heavy (non-hydrogen) atoms. The van der Waals surface area contributed by atoms with Crippen molar-refractivity contribution in [2.75, 3.05) is 0 Å². The first-order chi connectivity index (χ1) is 4.68. The minimum atomic E-state index is -0.311. The van der Waals surface area contributed by atoms with E-state index in [-0.39, 0.29) is 5.24 Å². The van der Waals surface area contributed by atoms with Crippen LogP contribution in [0.2, 0.25) is 0 Å². The number of halogens is 2. The lowest BCUT2D eigenvalue weighted by Crippen LogP contribution is -1.88. The van der Waals surface area contributed by atoms with Crippen molar-refractivity contribution in [2.45, 2.75) is 6.42 Å². The largest absolute Gasteiger partial charge is 0.281 e. The summed E-state index contributed by atoms with van der Waals surface area (Å²) in [7, 11) is 0. The van der Waals surface area contributed by atoms with Gasteiger partial charge in [-0.15, -0.1) is 11.3 Å². The van der Waals surface area contributed by atoms with Crippen LogP contribution >= 0.6 is 38.9 Å². The predicted octanol–water partition coefficient (Wildman–Crippen LogP) is 2.82. The summed E-state index contributed by atoms with van der Waals surface area (Å²) in [6.45, 7) is 0. The first kappa shape index (κ1) is 8.24. The van der Waals surface area contributed by atoms with E-state index in [4.69, 9.17) is 11.6 Å². The normalized spacial score (nSPS) is 9.80. The van der Waals surface area contributed by atoms with Crippen molar-refractivity contribution in [3.63, 3.8) is 0 Å². The van der Waals surface area contributed by atoms with Gasteiger partial charge in [0.2, 0.25) is 5.24 Å². The Morgan fingerprint density at radius 1 is 1.80 bits per heavy atom. The molecule has 1 aromatic heterocycles. The van der Waals surface area contributed by atoms with Gasteiger partial charge in [-0.25, -0.2) is 0 Å². The van der Waals surface area contributed by atoms with Gasteiger partial charge in [-0.3, -0.25) is 4.79 Å². The molecule has 1 nitrogen and oxygen atoms in total. The monoisotopic (exact) mass is 238 g/mol. The van der Waals surface area contributed by atoms with Gasteiger partial charge in [0.05, 0.1) is 6.42 Å². The van der Waals surface area contributed by atoms with Crippen LogP contribution in [0, 0.1) is 0 Å². The van der Waals surface area contributed by atoms with Crippen LogP contribution in [-0.2, 0) is 11.2 Å². The number of thiophene rings is 1. The van der Waals surface area contributed by atoms with Crippen LogP contribution in [-0.4, -0.2) is 5.24 Å². The van der Waals surface area contributed by atoms with Crippen LogP contribution in [0.3, 0.4) is 0 Å². The zero-order valence-corrected chi connectivity index (χ0v) is 8.09. The molecule has 0 spiro atoms. The summed E-state index contributed by atoms with van der Waals surface area (Å²) in [5, 5.41) is 1.61. The summed E-state index contributed by atoms with van der Waals surface area (Å²) in [5.41, 5.74) is 0. The van der Waals surface area contributed by atoms with E-state index in [2.05, 4.69) is 15.9 Å². The van der Waals surface area contributed by atoms with Crippen molar-refractivity contribution in [3.05, 3.63) is 20.8 Å². The summed E-state index contributed by atoms with van der Waals surface area (Å²) in [6.07, 6.45) is 0.331. The Kier molecular flexibility index (Phi) is 2.89. The second-order valence-corrected chi connectivity index (χ2v) is 4.10. The number of rotatable bonds is 2. The highest BCUT2D eigenvalue weighted by Crippen LogP contribution is 2.20. The maximum atomic E-state index is 10.4. The van der Waals surface area contributed by atoms with Gasteiger partial charge in [0.25, 0.3) is 0 Å². The Morgan fingerprint density at radius 2 is 2.50 bits per heavy atom. The summed E-state index contributed by atoms with van der Waals surface area (Å²) < 4.78 is 1.01. The van der Waals surface area contributed by atoms with Gasteiger partial charge in [-0.1, -0.05) is 0 Å². The molecule has 0 unspecified atom stereocenters. The third-order valence-corrected chi connectivity index (χ3v) is 2.77. The van der Waals surface area contributed by atoms with Gasteiger partial charge in [0.15, 0.2) is 0 Å². The molecule has 0 saturated heterocycles.